The molecule has 0 spiro atoms. The standard InChI is InChI=1S/C16H28N2O3S/c1-3-14(19)18-8-4-5-13(11-18)15(20)17-12-16(22-2)6-9-21-10-7-16/h13H,3-12H2,1-2H3,(H,17,20)/t13-/m0/s1. The minimum atomic E-state index is -0.0528. The number of hydrogen-bond acceptors (Lipinski definition) is 4. The topological polar surface area (TPSA) is 58.6 Å². The van der Waals surface area contributed by atoms with E-state index in [-0.39, 0.29) is 22.5 Å². The number of likely N-dealkylation sites (tertiary alicyclic amines) is 1. The lowest BCUT2D eigenvalue weighted by Crippen LogP contribution is -2.49. The van der Waals surface area contributed by atoms with Crippen molar-refractivity contribution < 1.29 is 14.3 Å². The Morgan fingerprint density at radius 3 is 2.73 bits per heavy atom. The minimum absolute atomic E-state index is 0.0528. The minimum Gasteiger partial charge on any atom is -0.381 e. The number of hydrogen-bond donors (Lipinski definition) is 1. The molecule has 0 aliphatic carbocycles. The van der Waals surface area contributed by atoms with E-state index >= 15 is 0 Å². The van der Waals surface area contributed by atoms with Crippen molar-refractivity contribution in [3.8, 4) is 0 Å². The lowest BCUT2D eigenvalue weighted by Gasteiger charge is -2.37. The van der Waals surface area contributed by atoms with Gasteiger partial charge < -0.3 is 15.0 Å². The Hall–Kier alpha value is -0.750. The van der Waals surface area contributed by atoms with Crippen LogP contribution in [0.4, 0.5) is 0 Å². The normalized spacial score (nSPS) is 24.8. The van der Waals surface area contributed by atoms with Gasteiger partial charge in [-0.1, -0.05) is 6.92 Å². The predicted molar refractivity (Wildman–Crippen MR) is 88.9 cm³/mol. The fourth-order valence-electron chi connectivity index (χ4n) is 3.23. The molecule has 0 radical (unpaired) electrons. The van der Waals surface area contributed by atoms with Crippen LogP contribution in [0.1, 0.15) is 39.0 Å². The van der Waals surface area contributed by atoms with Crippen LogP contribution in [-0.4, -0.2) is 60.6 Å². The number of ether oxygens (including phenoxy) is 1. The van der Waals surface area contributed by atoms with Crippen molar-refractivity contribution in [3.05, 3.63) is 0 Å². The van der Waals surface area contributed by atoms with Crippen LogP contribution in [0.3, 0.4) is 0 Å². The Bertz CT molecular complexity index is 397. The Labute approximate surface area is 137 Å². The Balaban J connectivity index is 1.84. The molecule has 6 heteroatoms. The van der Waals surface area contributed by atoms with Crippen molar-refractivity contribution in [1.82, 2.24) is 10.2 Å². The molecule has 2 aliphatic rings. The van der Waals surface area contributed by atoms with Gasteiger partial charge in [-0.2, -0.15) is 11.8 Å². The van der Waals surface area contributed by atoms with Gasteiger partial charge in [0, 0.05) is 44.0 Å². The van der Waals surface area contributed by atoms with E-state index in [1.165, 1.54) is 0 Å². The van der Waals surface area contributed by atoms with E-state index < -0.39 is 0 Å². The average molecular weight is 328 g/mol. The molecule has 5 nitrogen and oxygen atoms in total. The maximum Gasteiger partial charge on any atom is 0.224 e. The van der Waals surface area contributed by atoms with E-state index in [9.17, 15) is 9.59 Å². The number of carbonyl (C=O) groups excluding carboxylic acids is 2. The van der Waals surface area contributed by atoms with E-state index in [1.807, 2.05) is 23.6 Å². The summed E-state index contributed by atoms with van der Waals surface area (Å²) < 4.78 is 5.54. The Morgan fingerprint density at radius 2 is 2.09 bits per heavy atom. The lowest BCUT2D eigenvalue weighted by atomic mass is 9.95. The van der Waals surface area contributed by atoms with Crippen LogP contribution in [0.15, 0.2) is 0 Å². The van der Waals surface area contributed by atoms with E-state index in [0.717, 1.165) is 45.4 Å². The highest BCUT2D eigenvalue weighted by atomic mass is 32.2. The second-order valence-corrected chi connectivity index (χ2v) is 7.52. The van der Waals surface area contributed by atoms with E-state index in [2.05, 4.69) is 11.6 Å². The van der Waals surface area contributed by atoms with Gasteiger partial charge in [-0.25, -0.2) is 0 Å². The molecule has 0 bridgehead atoms. The summed E-state index contributed by atoms with van der Waals surface area (Å²) in [6.07, 6.45) is 6.41. The van der Waals surface area contributed by atoms with Gasteiger partial charge in [-0.3, -0.25) is 9.59 Å². The zero-order valence-corrected chi connectivity index (χ0v) is 14.5. The highest BCUT2D eigenvalue weighted by Crippen LogP contribution is 2.33. The number of nitrogens with one attached hydrogen (secondary N) is 1. The maximum atomic E-state index is 12.5. The number of piperidine rings is 1. The SMILES string of the molecule is CCC(=O)N1CCC[C@H](C(=O)NCC2(SC)CCOCC2)C1. The van der Waals surface area contributed by atoms with Gasteiger partial charge in [0.15, 0.2) is 0 Å². The molecular weight excluding hydrogens is 300 g/mol. The van der Waals surface area contributed by atoms with Crippen LogP contribution >= 0.6 is 11.8 Å². The molecule has 0 aromatic rings. The number of thioether (sulfide) groups is 1. The summed E-state index contributed by atoms with van der Waals surface area (Å²) in [6.45, 7) is 5.50. The third-order valence-corrected chi connectivity index (χ3v) is 6.29. The highest BCUT2D eigenvalue weighted by Gasteiger charge is 2.34. The average Bonchev–Trinajstić information content (AvgIpc) is 2.59. The summed E-state index contributed by atoms with van der Waals surface area (Å²) >= 11 is 1.83. The molecule has 0 aromatic carbocycles. The van der Waals surface area contributed by atoms with Crippen molar-refractivity contribution in [2.45, 2.75) is 43.8 Å². The summed E-state index contributed by atoms with van der Waals surface area (Å²) in [7, 11) is 0. The second kappa shape index (κ2) is 8.20. The van der Waals surface area contributed by atoms with Gasteiger partial charge in [0.2, 0.25) is 11.8 Å². The molecule has 2 aliphatic heterocycles. The summed E-state index contributed by atoms with van der Waals surface area (Å²) in [6, 6.07) is 0. The first-order chi connectivity index (χ1) is 10.6. The number of nitrogens with zero attached hydrogens (tertiary/aromatic N) is 1. The van der Waals surface area contributed by atoms with Gasteiger partial charge in [0.05, 0.1) is 5.92 Å². The van der Waals surface area contributed by atoms with Crippen molar-refractivity contribution in [2.24, 2.45) is 5.92 Å². The number of rotatable bonds is 5. The smallest absolute Gasteiger partial charge is 0.224 e. The molecule has 2 amide bonds. The van der Waals surface area contributed by atoms with Crippen molar-refractivity contribution in [1.29, 1.82) is 0 Å². The third-order valence-electron chi connectivity index (χ3n) is 4.87. The summed E-state index contributed by atoms with van der Waals surface area (Å²) in [5, 5.41) is 3.14. The molecule has 2 rings (SSSR count). The molecule has 0 saturated carbocycles. The predicted octanol–water partition coefficient (Wildman–Crippen LogP) is 1.66. The van der Waals surface area contributed by atoms with Crippen LogP contribution in [0, 0.1) is 5.92 Å². The first-order valence-corrected chi connectivity index (χ1v) is 9.51. The fraction of sp³-hybridized carbons (Fsp3) is 0.875. The van der Waals surface area contributed by atoms with Crippen molar-refractivity contribution >= 4 is 23.6 Å². The van der Waals surface area contributed by atoms with Crippen LogP contribution in [0.25, 0.3) is 0 Å². The molecule has 2 heterocycles. The molecule has 2 fully saturated rings. The first kappa shape index (κ1) is 17.6. The Morgan fingerprint density at radius 1 is 1.36 bits per heavy atom. The highest BCUT2D eigenvalue weighted by molar-refractivity contribution is 8.00. The molecular formula is C16H28N2O3S. The lowest BCUT2D eigenvalue weighted by molar-refractivity contribution is -0.135. The van der Waals surface area contributed by atoms with Gasteiger partial charge in [0.1, 0.15) is 0 Å². The van der Waals surface area contributed by atoms with E-state index in [0.29, 0.717) is 19.5 Å². The summed E-state index contributed by atoms with van der Waals surface area (Å²) in [5.74, 6) is 0.207. The summed E-state index contributed by atoms with van der Waals surface area (Å²) in [4.78, 5) is 26.1. The van der Waals surface area contributed by atoms with Gasteiger partial charge in [-0.05, 0) is 31.9 Å². The molecule has 1 atom stereocenters. The maximum absolute atomic E-state index is 12.5. The van der Waals surface area contributed by atoms with E-state index in [4.69, 9.17) is 4.74 Å². The van der Waals surface area contributed by atoms with E-state index in [1.54, 1.807) is 0 Å². The monoisotopic (exact) mass is 328 g/mol. The molecule has 0 unspecified atom stereocenters. The first-order valence-electron chi connectivity index (χ1n) is 8.28. The fourth-order valence-corrected chi connectivity index (χ4v) is 4.02. The number of carbonyl (C=O) groups is 2. The van der Waals surface area contributed by atoms with Gasteiger partial charge in [0.25, 0.3) is 0 Å². The summed E-state index contributed by atoms with van der Waals surface area (Å²) in [5.41, 5.74) is 0. The zero-order valence-electron chi connectivity index (χ0n) is 13.7. The molecule has 1 N–H and O–H groups in total. The number of amides is 2. The van der Waals surface area contributed by atoms with Crippen LogP contribution in [0.2, 0.25) is 0 Å². The van der Waals surface area contributed by atoms with Crippen LogP contribution < -0.4 is 5.32 Å². The van der Waals surface area contributed by atoms with Crippen LogP contribution in [-0.2, 0) is 14.3 Å². The van der Waals surface area contributed by atoms with Gasteiger partial charge in [-0.15, -0.1) is 0 Å². The Kier molecular flexibility index (Phi) is 6.56. The van der Waals surface area contributed by atoms with Crippen LogP contribution in [0.5, 0.6) is 0 Å². The van der Waals surface area contributed by atoms with Gasteiger partial charge >= 0.3 is 0 Å². The molecule has 2 saturated heterocycles. The van der Waals surface area contributed by atoms with Crippen molar-refractivity contribution in [2.75, 3.05) is 39.1 Å². The molecule has 126 valence electrons. The quantitative estimate of drug-likeness (QED) is 0.834. The third kappa shape index (κ3) is 4.38. The molecule has 22 heavy (non-hydrogen) atoms. The zero-order chi connectivity index (χ0) is 16.0. The van der Waals surface area contributed by atoms with Crippen molar-refractivity contribution in [3.63, 3.8) is 0 Å². The molecule has 0 aromatic heterocycles. The largest absolute Gasteiger partial charge is 0.381 e. The second-order valence-electron chi connectivity index (χ2n) is 6.25.